The number of aliphatic carboxylic acids is 2. The SMILES string of the molecule is CCC(C)C(NC(=O)C(CCCN=C(N)N)NC(=O)C1CCCN1)C(=O)NC(CC(=O)O)C(=O)O. The molecule has 14 heteroatoms. The van der Waals surface area contributed by atoms with E-state index in [0.717, 1.165) is 6.42 Å². The van der Waals surface area contributed by atoms with Crippen molar-refractivity contribution in [2.24, 2.45) is 22.4 Å². The van der Waals surface area contributed by atoms with Gasteiger partial charge in [-0.1, -0.05) is 20.3 Å². The van der Waals surface area contributed by atoms with E-state index in [1.54, 1.807) is 13.8 Å². The number of guanidine groups is 1. The minimum Gasteiger partial charge on any atom is -0.481 e. The van der Waals surface area contributed by atoms with Crippen molar-refractivity contribution in [2.75, 3.05) is 13.1 Å². The second-order valence-electron chi connectivity index (χ2n) is 8.53. The van der Waals surface area contributed by atoms with Gasteiger partial charge in [-0.15, -0.1) is 0 Å². The van der Waals surface area contributed by atoms with Gasteiger partial charge in [-0.05, 0) is 38.1 Å². The number of carboxylic acid groups (broad SMARTS) is 2. The number of aliphatic imine (C=N–C) groups is 1. The van der Waals surface area contributed by atoms with Gasteiger partial charge in [0.2, 0.25) is 17.7 Å². The van der Waals surface area contributed by atoms with E-state index < -0.39 is 60.3 Å². The van der Waals surface area contributed by atoms with Crippen LogP contribution in [-0.4, -0.2) is 83.1 Å². The lowest BCUT2D eigenvalue weighted by atomic mass is 9.97. The predicted octanol–water partition coefficient (Wildman–Crippen LogP) is -2.15. The molecular weight excluding hydrogens is 462 g/mol. The van der Waals surface area contributed by atoms with Crippen LogP contribution >= 0.6 is 0 Å². The Morgan fingerprint density at radius 3 is 2.26 bits per heavy atom. The number of hydrogen-bond donors (Lipinski definition) is 8. The van der Waals surface area contributed by atoms with E-state index in [1.807, 2.05) is 0 Å². The first-order valence-electron chi connectivity index (χ1n) is 11.6. The Morgan fingerprint density at radius 2 is 1.74 bits per heavy atom. The molecule has 1 fully saturated rings. The molecule has 1 saturated heterocycles. The summed E-state index contributed by atoms with van der Waals surface area (Å²) in [6.45, 7) is 4.39. The molecule has 1 aliphatic heterocycles. The first-order valence-corrected chi connectivity index (χ1v) is 11.6. The fourth-order valence-electron chi connectivity index (χ4n) is 3.55. The van der Waals surface area contributed by atoms with Crippen LogP contribution in [0.5, 0.6) is 0 Å². The number of amides is 3. The van der Waals surface area contributed by atoms with Crippen LogP contribution in [0.4, 0.5) is 0 Å². The molecule has 5 atom stereocenters. The molecule has 1 heterocycles. The molecule has 0 radical (unpaired) electrons. The van der Waals surface area contributed by atoms with Crippen molar-refractivity contribution >= 4 is 35.6 Å². The average molecular weight is 500 g/mol. The third-order valence-electron chi connectivity index (χ3n) is 5.74. The molecule has 0 aromatic carbocycles. The van der Waals surface area contributed by atoms with Gasteiger partial charge in [0.05, 0.1) is 12.5 Å². The first-order chi connectivity index (χ1) is 16.5. The molecule has 3 amide bonds. The molecule has 1 aliphatic rings. The van der Waals surface area contributed by atoms with E-state index in [0.29, 0.717) is 25.8 Å². The molecule has 0 aliphatic carbocycles. The second kappa shape index (κ2) is 14.8. The van der Waals surface area contributed by atoms with Crippen molar-refractivity contribution < 1.29 is 34.2 Å². The van der Waals surface area contributed by atoms with Gasteiger partial charge < -0.3 is 42.9 Å². The highest BCUT2D eigenvalue weighted by atomic mass is 16.4. The molecule has 1 rings (SSSR count). The zero-order valence-electron chi connectivity index (χ0n) is 20.1. The van der Waals surface area contributed by atoms with Crippen LogP contribution < -0.4 is 32.7 Å². The highest BCUT2D eigenvalue weighted by Crippen LogP contribution is 2.11. The van der Waals surface area contributed by atoms with Gasteiger partial charge in [0, 0.05) is 6.54 Å². The van der Waals surface area contributed by atoms with Gasteiger partial charge >= 0.3 is 11.9 Å². The fraction of sp³-hybridized carbons (Fsp3) is 0.714. The van der Waals surface area contributed by atoms with Crippen molar-refractivity contribution in [1.82, 2.24) is 21.3 Å². The van der Waals surface area contributed by atoms with Gasteiger partial charge in [-0.25, -0.2) is 4.79 Å². The van der Waals surface area contributed by atoms with Gasteiger partial charge in [0.25, 0.3) is 0 Å². The number of carbonyl (C=O) groups excluding carboxylic acids is 3. The maximum Gasteiger partial charge on any atom is 0.326 e. The van der Waals surface area contributed by atoms with E-state index >= 15 is 0 Å². The summed E-state index contributed by atoms with van der Waals surface area (Å²) in [5, 5.41) is 28.7. The number of carbonyl (C=O) groups is 5. The molecular formula is C21H37N7O7. The molecule has 0 spiro atoms. The molecule has 10 N–H and O–H groups in total. The van der Waals surface area contributed by atoms with Crippen LogP contribution in [0.2, 0.25) is 0 Å². The lowest BCUT2D eigenvalue weighted by molar-refractivity contribution is -0.147. The summed E-state index contributed by atoms with van der Waals surface area (Å²) in [7, 11) is 0. The van der Waals surface area contributed by atoms with Crippen molar-refractivity contribution in [3.05, 3.63) is 0 Å². The van der Waals surface area contributed by atoms with E-state index in [4.69, 9.17) is 16.6 Å². The monoisotopic (exact) mass is 499 g/mol. The molecule has 198 valence electrons. The molecule has 0 aromatic heterocycles. The van der Waals surface area contributed by atoms with Gasteiger partial charge in [-0.3, -0.25) is 24.2 Å². The zero-order valence-corrected chi connectivity index (χ0v) is 20.1. The Kier molecular flexibility index (Phi) is 12.5. The summed E-state index contributed by atoms with van der Waals surface area (Å²) in [6.07, 6.45) is 1.66. The number of nitrogens with zero attached hydrogens (tertiary/aromatic N) is 1. The van der Waals surface area contributed by atoms with Crippen molar-refractivity contribution in [2.45, 2.75) is 76.5 Å². The van der Waals surface area contributed by atoms with Gasteiger partial charge in [-0.2, -0.15) is 0 Å². The van der Waals surface area contributed by atoms with Crippen LogP contribution in [0, 0.1) is 5.92 Å². The number of hydrogen-bond acceptors (Lipinski definition) is 7. The predicted molar refractivity (Wildman–Crippen MR) is 126 cm³/mol. The Bertz CT molecular complexity index is 795. The smallest absolute Gasteiger partial charge is 0.326 e. The lowest BCUT2D eigenvalue weighted by Gasteiger charge is -2.28. The highest BCUT2D eigenvalue weighted by molar-refractivity contribution is 5.94. The minimum atomic E-state index is -1.66. The Hall–Kier alpha value is -3.42. The molecule has 0 aromatic rings. The average Bonchev–Trinajstić information content (AvgIpc) is 3.32. The molecule has 14 nitrogen and oxygen atoms in total. The van der Waals surface area contributed by atoms with Crippen LogP contribution in [-0.2, 0) is 24.0 Å². The normalized spacial score (nSPS) is 18.4. The van der Waals surface area contributed by atoms with E-state index in [9.17, 15) is 29.1 Å². The minimum absolute atomic E-state index is 0.104. The summed E-state index contributed by atoms with van der Waals surface area (Å²) < 4.78 is 0. The Morgan fingerprint density at radius 1 is 1.06 bits per heavy atom. The zero-order chi connectivity index (χ0) is 26.5. The van der Waals surface area contributed by atoms with E-state index in [-0.39, 0.29) is 24.8 Å². The number of rotatable bonds is 15. The topological polar surface area (TPSA) is 238 Å². The maximum atomic E-state index is 13.1. The fourth-order valence-corrected chi connectivity index (χ4v) is 3.55. The second-order valence-corrected chi connectivity index (χ2v) is 8.53. The van der Waals surface area contributed by atoms with Crippen LogP contribution in [0.15, 0.2) is 4.99 Å². The van der Waals surface area contributed by atoms with Crippen molar-refractivity contribution in [3.63, 3.8) is 0 Å². The highest BCUT2D eigenvalue weighted by Gasteiger charge is 2.33. The van der Waals surface area contributed by atoms with Crippen molar-refractivity contribution in [1.29, 1.82) is 0 Å². The van der Waals surface area contributed by atoms with Crippen LogP contribution in [0.1, 0.15) is 52.4 Å². The Balaban J connectivity index is 2.98. The summed E-state index contributed by atoms with van der Waals surface area (Å²) in [4.78, 5) is 64.8. The molecule has 0 bridgehead atoms. The maximum absolute atomic E-state index is 13.1. The number of carboxylic acids is 2. The van der Waals surface area contributed by atoms with E-state index in [2.05, 4.69) is 26.3 Å². The molecule has 35 heavy (non-hydrogen) atoms. The van der Waals surface area contributed by atoms with Crippen LogP contribution in [0.3, 0.4) is 0 Å². The summed E-state index contributed by atoms with van der Waals surface area (Å²) >= 11 is 0. The Labute approximate surface area is 203 Å². The quantitative estimate of drug-likeness (QED) is 0.0690. The number of nitrogens with two attached hydrogens (primary N) is 2. The molecule has 5 unspecified atom stereocenters. The third-order valence-corrected chi connectivity index (χ3v) is 5.74. The third kappa shape index (κ3) is 10.6. The molecule has 0 saturated carbocycles. The summed E-state index contributed by atoms with van der Waals surface area (Å²) in [5.41, 5.74) is 10.6. The van der Waals surface area contributed by atoms with Crippen LogP contribution in [0.25, 0.3) is 0 Å². The number of nitrogens with one attached hydrogen (secondary N) is 4. The van der Waals surface area contributed by atoms with Crippen molar-refractivity contribution in [3.8, 4) is 0 Å². The largest absolute Gasteiger partial charge is 0.481 e. The summed E-state index contributed by atoms with van der Waals surface area (Å²) in [5.74, 6) is -5.23. The summed E-state index contributed by atoms with van der Waals surface area (Å²) in [6, 6.07) is -4.23. The first kappa shape index (κ1) is 29.6. The standard InChI is InChI=1S/C21H37N7O7/c1-3-11(2)16(19(33)27-14(20(34)35)10-15(29)30)28-18(32)13(7-5-9-25-21(22)23)26-17(31)12-6-4-8-24-12/h11-14,16,24H,3-10H2,1-2H3,(H,26,31)(H,27,33)(H,28,32)(H,29,30)(H,34,35)(H4,22,23,25). The van der Waals surface area contributed by atoms with E-state index in [1.165, 1.54) is 0 Å². The van der Waals surface area contributed by atoms with Gasteiger partial charge in [0.15, 0.2) is 5.96 Å². The van der Waals surface area contributed by atoms with Gasteiger partial charge in [0.1, 0.15) is 18.1 Å². The lowest BCUT2D eigenvalue weighted by Crippen LogP contribution is -2.58.